The monoisotopic (exact) mass is 207 g/mol. The van der Waals surface area contributed by atoms with Crippen LogP contribution in [0, 0.1) is 6.92 Å². The molecule has 0 aromatic heterocycles. The summed E-state index contributed by atoms with van der Waals surface area (Å²) in [6, 6.07) is 5.94. The number of benzene rings is 1. The van der Waals surface area contributed by atoms with Crippen molar-refractivity contribution in [2.45, 2.75) is 25.4 Å². The Morgan fingerprint density at radius 2 is 2.07 bits per heavy atom. The lowest BCUT2D eigenvalue weighted by molar-refractivity contribution is 0.179. The van der Waals surface area contributed by atoms with Gasteiger partial charge in [-0.3, -0.25) is 0 Å². The Hall–Kier alpha value is -1.22. The second kappa shape index (κ2) is 3.74. The molecule has 1 aliphatic rings. The molecule has 0 amide bonds. The zero-order valence-electron chi connectivity index (χ0n) is 9.25. The summed E-state index contributed by atoms with van der Waals surface area (Å²) < 4.78 is 11.2. The first-order valence-corrected chi connectivity index (χ1v) is 5.23. The summed E-state index contributed by atoms with van der Waals surface area (Å²) in [4.78, 5) is 0. The van der Waals surface area contributed by atoms with Crippen LogP contribution < -0.4 is 15.2 Å². The van der Waals surface area contributed by atoms with Crippen LogP contribution in [0.5, 0.6) is 11.5 Å². The van der Waals surface area contributed by atoms with Crippen molar-refractivity contribution < 1.29 is 9.47 Å². The van der Waals surface area contributed by atoms with Crippen molar-refractivity contribution in [1.29, 1.82) is 0 Å². The van der Waals surface area contributed by atoms with Gasteiger partial charge in [0, 0.05) is 6.54 Å². The number of aryl methyl sites for hydroxylation is 1. The maximum Gasteiger partial charge on any atom is 0.162 e. The summed E-state index contributed by atoms with van der Waals surface area (Å²) >= 11 is 0. The number of ether oxygens (including phenoxy) is 2. The van der Waals surface area contributed by atoms with E-state index in [2.05, 4.69) is 0 Å². The number of hydrogen-bond acceptors (Lipinski definition) is 3. The van der Waals surface area contributed by atoms with Gasteiger partial charge in [-0.15, -0.1) is 0 Å². The van der Waals surface area contributed by atoms with Crippen LogP contribution in [0.15, 0.2) is 18.2 Å². The fourth-order valence-electron chi connectivity index (χ4n) is 1.58. The van der Waals surface area contributed by atoms with Gasteiger partial charge in [0.25, 0.3) is 0 Å². The fourth-order valence-corrected chi connectivity index (χ4v) is 1.58. The maximum atomic E-state index is 5.89. The van der Waals surface area contributed by atoms with Gasteiger partial charge >= 0.3 is 0 Å². The van der Waals surface area contributed by atoms with E-state index in [4.69, 9.17) is 15.2 Å². The van der Waals surface area contributed by atoms with Crippen LogP contribution in [-0.4, -0.2) is 19.3 Å². The lowest BCUT2D eigenvalue weighted by Crippen LogP contribution is -2.28. The second-order valence-electron chi connectivity index (χ2n) is 4.14. The Balaban J connectivity index is 2.20. The van der Waals surface area contributed by atoms with E-state index >= 15 is 0 Å². The van der Waals surface area contributed by atoms with Crippen LogP contribution in [0.2, 0.25) is 0 Å². The van der Waals surface area contributed by atoms with E-state index in [9.17, 15) is 0 Å². The van der Waals surface area contributed by atoms with E-state index in [1.807, 2.05) is 25.1 Å². The largest absolute Gasteiger partial charge is 0.493 e. The molecule has 1 fully saturated rings. The van der Waals surface area contributed by atoms with Crippen molar-refractivity contribution >= 4 is 0 Å². The average Bonchev–Trinajstić information content (AvgIpc) is 3.01. The minimum atomic E-state index is -0.122. The summed E-state index contributed by atoms with van der Waals surface area (Å²) in [5.41, 5.74) is 6.71. The molecule has 2 N–H and O–H groups in total. The first kappa shape index (κ1) is 10.3. The molecule has 3 nitrogen and oxygen atoms in total. The number of nitrogens with two attached hydrogens (primary N) is 1. The van der Waals surface area contributed by atoms with Crippen LogP contribution in [0.25, 0.3) is 0 Å². The summed E-state index contributed by atoms with van der Waals surface area (Å²) in [7, 11) is 1.66. The molecular formula is C12H17NO2. The predicted molar refractivity (Wildman–Crippen MR) is 59.4 cm³/mol. The zero-order chi connectivity index (χ0) is 10.9. The lowest BCUT2D eigenvalue weighted by Gasteiger charge is -2.18. The molecule has 2 rings (SSSR count). The minimum absolute atomic E-state index is 0.122. The van der Waals surface area contributed by atoms with E-state index in [0.29, 0.717) is 6.54 Å². The van der Waals surface area contributed by atoms with E-state index in [-0.39, 0.29) is 5.60 Å². The summed E-state index contributed by atoms with van der Waals surface area (Å²) in [5.74, 6) is 1.58. The highest BCUT2D eigenvalue weighted by molar-refractivity contribution is 5.43. The van der Waals surface area contributed by atoms with Gasteiger partial charge in [0.05, 0.1) is 7.11 Å². The first-order chi connectivity index (χ1) is 7.19. The summed E-state index contributed by atoms with van der Waals surface area (Å²) in [6.07, 6.45) is 2.08. The van der Waals surface area contributed by atoms with E-state index in [1.54, 1.807) is 7.11 Å². The molecule has 1 aromatic carbocycles. The van der Waals surface area contributed by atoms with Crippen molar-refractivity contribution in [1.82, 2.24) is 0 Å². The quantitative estimate of drug-likeness (QED) is 0.819. The molecule has 82 valence electrons. The SMILES string of the molecule is COc1cc(C)ccc1OC1(CN)CC1. The van der Waals surface area contributed by atoms with Crippen LogP contribution in [0.1, 0.15) is 18.4 Å². The Morgan fingerprint density at radius 3 is 2.60 bits per heavy atom. The third-order valence-corrected chi connectivity index (χ3v) is 2.83. The van der Waals surface area contributed by atoms with Gasteiger partial charge in [-0.05, 0) is 37.5 Å². The highest BCUT2D eigenvalue weighted by Gasteiger charge is 2.44. The highest BCUT2D eigenvalue weighted by Crippen LogP contribution is 2.42. The van der Waals surface area contributed by atoms with Crippen molar-refractivity contribution in [3.05, 3.63) is 23.8 Å². The third kappa shape index (κ3) is 2.07. The van der Waals surface area contributed by atoms with Crippen LogP contribution in [-0.2, 0) is 0 Å². The minimum Gasteiger partial charge on any atom is -0.493 e. The number of methoxy groups -OCH3 is 1. The Labute approximate surface area is 90.2 Å². The number of rotatable bonds is 4. The van der Waals surface area contributed by atoms with Gasteiger partial charge < -0.3 is 15.2 Å². The standard InChI is InChI=1S/C12H17NO2/c1-9-3-4-10(11(7-9)14-2)15-12(8-13)5-6-12/h3-4,7H,5-6,8,13H2,1-2H3. The van der Waals surface area contributed by atoms with Gasteiger partial charge in [-0.1, -0.05) is 6.07 Å². The molecule has 0 saturated heterocycles. The molecule has 0 unspecified atom stereocenters. The molecule has 1 aliphatic carbocycles. The van der Waals surface area contributed by atoms with E-state index < -0.39 is 0 Å². The summed E-state index contributed by atoms with van der Waals surface area (Å²) in [5, 5.41) is 0. The smallest absolute Gasteiger partial charge is 0.162 e. The van der Waals surface area contributed by atoms with Crippen molar-refractivity contribution in [3.63, 3.8) is 0 Å². The Bertz CT molecular complexity index is 359. The molecule has 0 aliphatic heterocycles. The lowest BCUT2D eigenvalue weighted by atomic mass is 10.2. The number of hydrogen-bond donors (Lipinski definition) is 1. The predicted octanol–water partition coefficient (Wildman–Crippen LogP) is 1.87. The molecule has 0 atom stereocenters. The molecule has 1 aromatic rings. The maximum absolute atomic E-state index is 5.89. The molecular weight excluding hydrogens is 190 g/mol. The van der Waals surface area contributed by atoms with Crippen LogP contribution in [0.3, 0.4) is 0 Å². The van der Waals surface area contributed by atoms with Crippen molar-refractivity contribution in [2.75, 3.05) is 13.7 Å². The molecule has 1 saturated carbocycles. The zero-order valence-corrected chi connectivity index (χ0v) is 9.25. The topological polar surface area (TPSA) is 44.5 Å². The molecule has 3 heteroatoms. The van der Waals surface area contributed by atoms with Crippen molar-refractivity contribution in [2.24, 2.45) is 5.73 Å². The normalized spacial score (nSPS) is 17.3. The molecule has 0 heterocycles. The van der Waals surface area contributed by atoms with Gasteiger partial charge in [0.2, 0.25) is 0 Å². The second-order valence-corrected chi connectivity index (χ2v) is 4.14. The fraction of sp³-hybridized carbons (Fsp3) is 0.500. The van der Waals surface area contributed by atoms with Crippen molar-refractivity contribution in [3.8, 4) is 11.5 Å². The highest BCUT2D eigenvalue weighted by atomic mass is 16.5. The molecule has 0 bridgehead atoms. The molecule has 0 radical (unpaired) electrons. The van der Waals surface area contributed by atoms with E-state index in [1.165, 1.54) is 0 Å². The molecule has 0 spiro atoms. The average molecular weight is 207 g/mol. The van der Waals surface area contributed by atoms with Gasteiger partial charge in [0.15, 0.2) is 11.5 Å². The Kier molecular flexibility index (Phi) is 2.57. The molecule has 15 heavy (non-hydrogen) atoms. The van der Waals surface area contributed by atoms with Crippen LogP contribution >= 0.6 is 0 Å². The third-order valence-electron chi connectivity index (χ3n) is 2.83. The van der Waals surface area contributed by atoms with Gasteiger partial charge in [-0.25, -0.2) is 0 Å². The van der Waals surface area contributed by atoms with Gasteiger partial charge in [-0.2, -0.15) is 0 Å². The van der Waals surface area contributed by atoms with Gasteiger partial charge in [0.1, 0.15) is 5.60 Å². The van der Waals surface area contributed by atoms with Crippen LogP contribution in [0.4, 0.5) is 0 Å². The first-order valence-electron chi connectivity index (χ1n) is 5.23. The Morgan fingerprint density at radius 1 is 1.33 bits per heavy atom. The summed E-state index contributed by atoms with van der Waals surface area (Å²) in [6.45, 7) is 2.60. The van der Waals surface area contributed by atoms with E-state index in [0.717, 1.165) is 29.9 Å².